The number of hydrogen-bond donors (Lipinski definition) is 1. The lowest BCUT2D eigenvalue weighted by Crippen LogP contribution is -2.67. The molecule has 0 aliphatic carbocycles. The van der Waals surface area contributed by atoms with Gasteiger partial charge >= 0.3 is 12.2 Å². The number of alkyl halides is 1. The van der Waals surface area contributed by atoms with Crippen molar-refractivity contribution < 1.29 is 41.9 Å². The van der Waals surface area contributed by atoms with Gasteiger partial charge in [0.1, 0.15) is 27.5 Å². The second-order valence-electron chi connectivity index (χ2n) is 9.88. The predicted molar refractivity (Wildman–Crippen MR) is 121 cm³/mol. The molecule has 14 heteroatoms. The van der Waals surface area contributed by atoms with E-state index in [1.807, 2.05) is 0 Å². The van der Waals surface area contributed by atoms with E-state index in [-0.39, 0.29) is 16.2 Å². The number of imide groups is 1. The Hall–Kier alpha value is -3.29. The van der Waals surface area contributed by atoms with Crippen molar-refractivity contribution in [3.05, 3.63) is 33.9 Å². The zero-order chi connectivity index (χ0) is 26.8. The van der Waals surface area contributed by atoms with Gasteiger partial charge in [0.05, 0.1) is 11.5 Å². The first-order chi connectivity index (χ1) is 15.8. The number of carbonyl (C=O) groups excluding carboxylic acids is 1. The summed E-state index contributed by atoms with van der Waals surface area (Å²) in [5.41, 5.74) is -4.33. The highest BCUT2D eigenvalue weighted by Gasteiger charge is 2.71. The number of carbonyl (C=O) groups is 2. The number of hydrogen-bond acceptors (Lipinski definition) is 9. The fraction of sp³-hybridized carbons (Fsp3) is 0.571. The number of nitro benzene ring substituents is 1. The molecule has 1 aromatic carbocycles. The minimum atomic E-state index is -4.98. The van der Waals surface area contributed by atoms with Crippen molar-refractivity contribution in [1.82, 2.24) is 4.90 Å². The molecule has 3 rings (SSSR count). The molecule has 2 amide bonds. The van der Waals surface area contributed by atoms with Gasteiger partial charge in [-0.1, -0.05) is 0 Å². The first kappa shape index (κ1) is 26.3. The van der Waals surface area contributed by atoms with Gasteiger partial charge in [-0.3, -0.25) is 15.1 Å². The Balaban J connectivity index is 2.42. The van der Waals surface area contributed by atoms with Crippen LogP contribution in [0.25, 0.3) is 0 Å². The number of carboxylic acid groups (broad SMARTS) is 1. The van der Waals surface area contributed by atoms with Gasteiger partial charge in [0, 0.05) is 24.1 Å². The number of non-ortho nitro benzene ring substituents is 1. The number of halogens is 1. The molecule has 2 aliphatic rings. The number of aliphatic imine (C=N–C) groups is 1. The third-order valence-corrected chi connectivity index (χ3v) is 9.03. The zero-order valence-electron chi connectivity index (χ0n) is 20.0. The summed E-state index contributed by atoms with van der Waals surface area (Å²) >= 11 is 0. The highest BCUT2D eigenvalue weighted by atomic mass is 32.2. The Morgan fingerprint density at radius 1 is 1.29 bits per heavy atom. The van der Waals surface area contributed by atoms with Crippen LogP contribution in [0.5, 0.6) is 5.75 Å². The summed E-state index contributed by atoms with van der Waals surface area (Å²) in [5, 5.41) is 18.1. The van der Waals surface area contributed by atoms with Crippen molar-refractivity contribution in [3.63, 3.8) is 0 Å². The second-order valence-corrected chi connectivity index (χ2v) is 12.6. The van der Waals surface area contributed by atoms with Crippen molar-refractivity contribution in [2.45, 2.75) is 68.9 Å². The lowest BCUT2D eigenvalue weighted by molar-refractivity contribution is -0.385. The first-order valence-electron chi connectivity index (χ1n) is 10.5. The SMILES string of the molecule is CC(C)(C)OC(=O)N(C(=O)O)C1=N[C@]2(C)c3cc([N+](=O)[O-])ccc3OCC[C@@]2(F)S(=O)(=O)C1(C)C. The van der Waals surface area contributed by atoms with E-state index in [4.69, 9.17) is 9.47 Å². The summed E-state index contributed by atoms with van der Waals surface area (Å²) in [5.74, 6) is -0.871. The Bertz CT molecular complexity index is 1250. The molecular weight excluding hydrogens is 489 g/mol. The maximum Gasteiger partial charge on any atom is 0.425 e. The molecule has 0 radical (unpaired) electrons. The van der Waals surface area contributed by atoms with Crippen LogP contribution in [0.1, 0.15) is 53.5 Å². The molecule has 12 nitrogen and oxygen atoms in total. The van der Waals surface area contributed by atoms with Crippen LogP contribution < -0.4 is 4.74 Å². The number of amides is 2. The molecule has 2 heterocycles. The summed E-state index contributed by atoms with van der Waals surface area (Å²) in [6, 6.07) is 3.22. The van der Waals surface area contributed by atoms with Gasteiger partial charge in [0.25, 0.3) is 5.69 Å². The van der Waals surface area contributed by atoms with E-state index in [1.165, 1.54) is 26.8 Å². The van der Waals surface area contributed by atoms with Gasteiger partial charge in [-0.05, 0) is 47.6 Å². The molecule has 1 aromatic rings. The number of nitrogens with zero attached hydrogens (tertiary/aromatic N) is 3. The van der Waals surface area contributed by atoms with Crippen LogP contribution in [0.4, 0.5) is 19.7 Å². The van der Waals surface area contributed by atoms with Gasteiger partial charge in [0.2, 0.25) is 5.00 Å². The third-order valence-electron chi connectivity index (χ3n) is 6.05. The van der Waals surface area contributed by atoms with E-state index in [0.717, 1.165) is 32.9 Å². The van der Waals surface area contributed by atoms with Crippen molar-refractivity contribution in [3.8, 4) is 5.75 Å². The summed E-state index contributed by atoms with van der Waals surface area (Å²) in [6.45, 7) is 7.16. The molecule has 2 aliphatic heterocycles. The number of fused-ring (bicyclic) bond motifs is 3. The molecular formula is C21H26FN3O9S. The van der Waals surface area contributed by atoms with Crippen molar-refractivity contribution >= 4 is 33.5 Å². The molecule has 0 bridgehead atoms. The van der Waals surface area contributed by atoms with E-state index >= 15 is 4.39 Å². The average Bonchev–Trinajstić information content (AvgIpc) is 2.80. The fourth-order valence-electron chi connectivity index (χ4n) is 4.17. The van der Waals surface area contributed by atoms with Crippen LogP contribution in [-0.2, 0) is 20.1 Å². The van der Waals surface area contributed by atoms with E-state index in [9.17, 15) is 33.2 Å². The molecule has 35 heavy (non-hydrogen) atoms. The average molecular weight is 516 g/mol. The Labute approximate surface area is 200 Å². The van der Waals surface area contributed by atoms with Crippen molar-refractivity contribution in [1.29, 1.82) is 0 Å². The van der Waals surface area contributed by atoms with E-state index in [0.29, 0.717) is 0 Å². The van der Waals surface area contributed by atoms with Crippen LogP contribution in [0.2, 0.25) is 0 Å². The first-order valence-corrected chi connectivity index (χ1v) is 12.0. The molecule has 0 unspecified atom stereocenters. The fourth-order valence-corrected chi connectivity index (χ4v) is 6.38. The number of amidine groups is 1. The van der Waals surface area contributed by atoms with Crippen molar-refractivity contribution in [2.75, 3.05) is 6.61 Å². The van der Waals surface area contributed by atoms with Gasteiger partial charge < -0.3 is 14.6 Å². The van der Waals surface area contributed by atoms with Crippen LogP contribution in [0, 0.1) is 10.1 Å². The number of nitro groups is 1. The number of rotatable bonds is 1. The molecule has 0 aromatic heterocycles. The topological polar surface area (TPSA) is 166 Å². The number of ether oxygens (including phenoxy) is 2. The maximum atomic E-state index is 16.8. The molecule has 0 spiro atoms. The Kier molecular flexibility index (Phi) is 5.91. The molecule has 0 saturated carbocycles. The normalized spacial score (nSPS) is 26.7. The number of benzene rings is 1. The smallest absolute Gasteiger partial charge is 0.425 e. The molecule has 2 atom stereocenters. The minimum Gasteiger partial charge on any atom is -0.493 e. The quantitative estimate of drug-likeness (QED) is 0.432. The summed E-state index contributed by atoms with van der Waals surface area (Å²) < 4.78 is 52.8. The minimum absolute atomic E-state index is 0.0242. The molecule has 1 N–H and O–H groups in total. The highest BCUT2D eigenvalue weighted by molar-refractivity contribution is 7.95. The van der Waals surface area contributed by atoms with Crippen LogP contribution in [0.3, 0.4) is 0 Å². The maximum absolute atomic E-state index is 16.8. The standard InChI is InChI=1S/C21H26FN3O9S/c1-18(2,3)34-17(28)24(16(26)27)15-19(4,5)35(31,32)21(22)9-10-33-14-8-7-12(25(29)30)11-13(14)20(21,6)23-15/h7-8,11H,9-10H2,1-6H3,(H,26,27)/t20-,21-/m1/s1. The molecule has 192 valence electrons. The third kappa shape index (κ3) is 3.79. The van der Waals surface area contributed by atoms with Crippen LogP contribution in [-0.4, -0.2) is 63.3 Å². The lowest BCUT2D eigenvalue weighted by Gasteiger charge is -2.48. The second kappa shape index (κ2) is 7.86. The largest absolute Gasteiger partial charge is 0.493 e. The Morgan fingerprint density at radius 3 is 2.40 bits per heavy atom. The van der Waals surface area contributed by atoms with Crippen LogP contribution >= 0.6 is 0 Å². The number of sulfone groups is 1. The molecule has 0 fully saturated rings. The monoisotopic (exact) mass is 515 g/mol. The van der Waals surface area contributed by atoms with Gasteiger partial charge in [0.15, 0.2) is 9.84 Å². The Morgan fingerprint density at radius 2 is 1.89 bits per heavy atom. The zero-order valence-corrected chi connectivity index (χ0v) is 20.8. The summed E-state index contributed by atoms with van der Waals surface area (Å²) in [6.07, 6.45) is -4.04. The predicted octanol–water partition coefficient (Wildman–Crippen LogP) is 3.78. The highest BCUT2D eigenvalue weighted by Crippen LogP contribution is 2.56. The van der Waals surface area contributed by atoms with Gasteiger partial charge in [-0.15, -0.1) is 0 Å². The van der Waals surface area contributed by atoms with Crippen molar-refractivity contribution in [2.24, 2.45) is 4.99 Å². The van der Waals surface area contributed by atoms with Gasteiger partial charge in [-0.25, -0.2) is 22.4 Å². The van der Waals surface area contributed by atoms with E-state index in [1.54, 1.807) is 0 Å². The van der Waals surface area contributed by atoms with E-state index in [2.05, 4.69) is 4.99 Å². The van der Waals surface area contributed by atoms with Crippen LogP contribution in [0.15, 0.2) is 23.2 Å². The molecule has 0 saturated heterocycles. The van der Waals surface area contributed by atoms with E-state index < -0.39 is 72.4 Å². The van der Waals surface area contributed by atoms with Gasteiger partial charge in [-0.2, -0.15) is 4.90 Å². The summed E-state index contributed by atoms with van der Waals surface area (Å²) in [4.78, 5) is 39.9. The summed E-state index contributed by atoms with van der Waals surface area (Å²) in [7, 11) is -4.98. The lowest BCUT2D eigenvalue weighted by atomic mass is 9.84.